The average molecular weight is 364 g/mol. The number of nitrogens with zero attached hydrogens (tertiary/aromatic N) is 2. The van der Waals surface area contributed by atoms with Crippen molar-refractivity contribution >= 4 is 11.9 Å². The molecule has 27 heavy (non-hydrogen) atoms. The minimum atomic E-state index is -0.676. The van der Waals surface area contributed by atoms with Gasteiger partial charge >= 0.3 is 5.97 Å². The van der Waals surface area contributed by atoms with Crippen LogP contribution in [0.4, 0.5) is 0 Å². The van der Waals surface area contributed by atoms with Crippen molar-refractivity contribution in [2.24, 2.45) is 5.41 Å². The molecule has 0 N–H and O–H groups in total. The van der Waals surface area contributed by atoms with E-state index in [9.17, 15) is 9.59 Å². The lowest BCUT2D eigenvalue weighted by atomic mass is 9.70. The van der Waals surface area contributed by atoms with Crippen LogP contribution in [0.1, 0.15) is 42.2 Å². The molecule has 3 heterocycles. The van der Waals surface area contributed by atoms with Crippen LogP contribution in [0.25, 0.3) is 0 Å². The van der Waals surface area contributed by atoms with Crippen LogP contribution in [0.5, 0.6) is 0 Å². The highest BCUT2D eigenvalue weighted by molar-refractivity contribution is 5.94. The topological polar surface area (TPSA) is 59.5 Å². The Morgan fingerprint density at radius 3 is 2.63 bits per heavy atom. The molecular weight excluding hydrogens is 340 g/mol. The number of hydrogen-bond donors (Lipinski definition) is 0. The zero-order valence-electron chi connectivity index (χ0n) is 15.5. The number of carbonyl (C=O) groups is 2. The number of amides is 1. The molecule has 1 aromatic heterocycles. The van der Waals surface area contributed by atoms with Crippen molar-refractivity contribution in [1.82, 2.24) is 9.88 Å². The van der Waals surface area contributed by atoms with Crippen LogP contribution in [0.2, 0.25) is 0 Å². The molecule has 1 aromatic carbocycles. The molecule has 2 aliphatic heterocycles. The summed E-state index contributed by atoms with van der Waals surface area (Å²) in [6.45, 7) is 2.18. The number of rotatable bonds is 5. The number of ether oxygens (including phenoxy) is 1. The van der Waals surface area contributed by atoms with Crippen molar-refractivity contribution in [1.29, 1.82) is 0 Å². The van der Waals surface area contributed by atoms with Crippen LogP contribution in [-0.4, -0.2) is 40.5 Å². The first-order valence-electron chi connectivity index (χ1n) is 9.60. The third-order valence-corrected chi connectivity index (χ3v) is 5.90. The van der Waals surface area contributed by atoms with Gasteiger partial charge in [-0.2, -0.15) is 0 Å². The second kappa shape index (κ2) is 7.14. The molecule has 2 bridgehead atoms. The number of pyridine rings is 1. The van der Waals surface area contributed by atoms with Crippen molar-refractivity contribution in [2.75, 3.05) is 6.61 Å². The maximum atomic E-state index is 13.1. The molecule has 2 fully saturated rings. The van der Waals surface area contributed by atoms with Gasteiger partial charge < -0.3 is 9.64 Å². The highest BCUT2D eigenvalue weighted by Crippen LogP contribution is 2.52. The van der Waals surface area contributed by atoms with E-state index in [1.807, 2.05) is 48.2 Å². The lowest BCUT2D eigenvalue weighted by Gasteiger charge is -2.35. The highest BCUT2D eigenvalue weighted by Gasteiger charge is 2.62. The van der Waals surface area contributed by atoms with Gasteiger partial charge in [-0.1, -0.05) is 36.4 Å². The Morgan fingerprint density at radius 1 is 1.15 bits per heavy atom. The quantitative estimate of drug-likeness (QED) is 0.764. The van der Waals surface area contributed by atoms with E-state index < -0.39 is 5.41 Å². The van der Waals surface area contributed by atoms with Crippen LogP contribution in [-0.2, 0) is 16.0 Å². The third kappa shape index (κ3) is 3.01. The first-order valence-corrected chi connectivity index (χ1v) is 9.60. The van der Waals surface area contributed by atoms with Gasteiger partial charge in [0.25, 0.3) is 5.91 Å². The van der Waals surface area contributed by atoms with E-state index >= 15 is 0 Å². The lowest BCUT2D eigenvalue weighted by molar-refractivity contribution is -0.157. The van der Waals surface area contributed by atoms with Crippen molar-refractivity contribution in [3.05, 3.63) is 66.0 Å². The number of fused-ring (bicyclic) bond motifs is 2. The van der Waals surface area contributed by atoms with Crippen molar-refractivity contribution in [3.8, 4) is 0 Å². The summed E-state index contributed by atoms with van der Waals surface area (Å²) in [5, 5.41) is 0. The molecule has 0 unspecified atom stereocenters. The summed E-state index contributed by atoms with van der Waals surface area (Å²) in [7, 11) is 0. The van der Waals surface area contributed by atoms with Crippen LogP contribution in [0, 0.1) is 5.41 Å². The lowest BCUT2D eigenvalue weighted by Crippen LogP contribution is -2.47. The first-order chi connectivity index (χ1) is 13.2. The Kier molecular flexibility index (Phi) is 4.68. The zero-order valence-corrected chi connectivity index (χ0v) is 15.5. The fourth-order valence-electron chi connectivity index (χ4n) is 4.83. The normalized spacial score (nSPS) is 26.2. The summed E-state index contributed by atoms with van der Waals surface area (Å²) in [6, 6.07) is 15.3. The molecular formula is C22H24N2O3. The van der Waals surface area contributed by atoms with Gasteiger partial charge in [0.05, 0.1) is 12.0 Å². The average Bonchev–Trinajstić information content (AvgIpc) is 3.25. The van der Waals surface area contributed by atoms with E-state index in [1.54, 1.807) is 18.3 Å². The number of carbonyl (C=O) groups excluding carboxylic acids is 2. The third-order valence-electron chi connectivity index (χ3n) is 5.90. The monoisotopic (exact) mass is 364 g/mol. The van der Waals surface area contributed by atoms with Crippen LogP contribution >= 0.6 is 0 Å². The Labute approximate surface area is 159 Å². The molecule has 1 amide bonds. The Bertz CT molecular complexity index is 824. The van der Waals surface area contributed by atoms with E-state index in [4.69, 9.17) is 4.74 Å². The standard InChI is InChI=1S/C22H24N2O3/c1-2-27-21(26)22(14-16-8-4-3-5-9-16)15-17-11-12-19(22)24(17)20(25)18-10-6-7-13-23-18/h3-10,13,17,19H,2,11-12,14-15H2,1H3/t17-,19+,22+/m1/s1. The molecule has 5 nitrogen and oxygen atoms in total. The summed E-state index contributed by atoms with van der Waals surface area (Å²) in [5.41, 5.74) is 0.863. The second-order valence-corrected chi connectivity index (χ2v) is 7.42. The van der Waals surface area contributed by atoms with Gasteiger partial charge in [0.2, 0.25) is 0 Å². The first kappa shape index (κ1) is 17.7. The summed E-state index contributed by atoms with van der Waals surface area (Å²) in [4.78, 5) is 32.4. The molecule has 0 radical (unpaired) electrons. The molecule has 5 heteroatoms. The maximum Gasteiger partial charge on any atom is 0.314 e. The predicted molar refractivity (Wildman–Crippen MR) is 101 cm³/mol. The zero-order chi connectivity index (χ0) is 18.9. The van der Waals surface area contributed by atoms with Crippen LogP contribution < -0.4 is 0 Å². The van der Waals surface area contributed by atoms with Gasteiger partial charge in [-0.25, -0.2) is 0 Å². The van der Waals surface area contributed by atoms with Crippen molar-refractivity contribution < 1.29 is 14.3 Å². The van der Waals surface area contributed by atoms with Gasteiger partial charge in [0.15, 0.2) is 0 Å². The highest BCUT2D eigenvalue weighted by atomic mass is 16.5. The number of esters is 1. The SMILES string of the molecule is CCOC(=O)[C@@]1(Cc2ccccc2)C[C@H]2CC[C@@H]1N2C(=O)c1ccccn1. The molecule has 2 saturated heterocycles. The summed E-state index contributed by atoms with van der Waals surface area (Å²) >= 11 is 0. The number of aromatic nitrogens is 1. The molecule has 0 spiro atoms. The predicted octanol–water partition coefficient (Wildman–Crippen LogP) is 3.25. The largest absolute Gasteiger partial charge is 0.465 e. The van der Waals surface area contributed by atoms with Gasteiger partial charge in [0, 0.05) is 18.3 Å². The van der Waals surface area contributed by atoms with Crippen LogP contribution in [0.3, 0.4) is 0 Å². The van der Waals surface area contributed by atoms with E-state index in [1.165, 1.54) is 0 Å². The summed E-state index contributed by atoms with van der Waals surface area (Å²) in [5.74, 6) is -0.262. The Morgan fingerprint density at radius 2 is 1.93 bits per heavy atom. The van der Waals surface area contributed by atoms with Gasteiger partial charge in [-0.15, -0.1) is 0 Å². The molecule has 4 rings (SSSR count). The van der Waals surface area contributed by atoms with E-state index in [2.05, 4.69) is 4.98 Å². The minimum absolute atomic E-state index is 0.0672. The molecule has 140 valence electrons. The van der Waals surface area contributed by atoms with Crippen LogP contribution in [0.15, 0.2) is 54.7 Å². The molecule has 0 saturated carbocycles. The fourth-order valence-corrected chi connectivity index (χ4v) is 4.83. The molecule has 2 aliphatic rings. The van der Waals surface area contributed by atoms with Gasteiger partial charge in [-0.05, 0) is 50.3 Å². The maximum absolute atomic E-state index is 13.1. The van der Waals surface area contributed by atoms with Crippen molar-refractivity contribution in [2.45, 2.75) is 44.7 Å². The van der Waals surface area contributed by atoms with Gasteiger partial charge in [-0.3, -0.25) is 14.6 Å². The second-order valence-electron chi connectivity index (χ2n) is 7.42. The van der Waals surface area contributed by atoms with Gasteiger partial charge in [0.1, 0.15) is 5.69 Å². The summed E-state index contributed by atoms with van der Waals surface area (Å²) < 4.78 is 5.50. The number of benzene rings is 1. The van der Waals surface area contributed by atoms with E-state index in [-0.39, 0.29) is 24.0 Å². The minimum Gasteiger partial charge on any atom is -0.465 e. The molecule has 0 aliphatic carbocycles. The van der Waals surface area contributed by atoms with E-state index in [0.29, 0.717) is 25.1 Å². The Balaban J connectivity index is 1.69. The Hall–Kier alpha value is -2.69. The van der Waals surface area contributed by atoms with Crippen molar-refractivity contribution in [3.63, 3.8) is 0 Å². The number of hydrogen-bond acceptors (Lipinski definition) is 4. The molecule has 2 aromatic rings. The summed E-state index contributed by atoms with van der Waals surface area (Å²) in [6.07, 6.45) is 4.64. The smallest absolute Gasteiger partial charge is 0.314 e. The fraction of sp³-hybridized carbons (Fsp3) is 0.409. The molecule has 3 atom stereocenters. The van der Waals surface area contributed by atoms with E-state index in [0.717, 1.165) is 18.4 Å².